The second-order valence-electron chi connectivity index (χ2n) is 4.36. The summed E-state index contributed by atoms with van der Waals surface area (Å²) < 4.78 is 0. The molecule has 0 bridgehead atoms. The third kappa shape index (κ3) is 1.34. The molecule has 1 atom stereocenters. The fourth-order valence-electron chi connectivity index (χ4n) is 2.27. The van der Waals surface area contributed by atoms with E-state index >= 15 is 0 Å². The Morgan fingerprint density at radius 3 is 2.10 bits per heavy atom. The fourth-order valence-corrected chi connectivity index (χ4v) is 2.27. The van der Waals surface area contributed by atoms with E-state index in [2.05, 4.69) is 32.8 Å². The number of rotatable bonds is 1. The van der Waals surface area contributed by atoms with Crippen LogP contribution in [-0.4, -0.2) is 25.0 Å². The van der Waals surface area contributed by atoms with Crippen molar-refractivity contribution in [3.63, 3.8) is 0 Å². The molecular formula is C9H19N. The third-order valence-corrected chi connectivity index (χ3v) is 2.82. The van der Waals surface area contributed by atoms with Crippen molar-refractivity contribution in [2.24, 2.45) is 5.41 Å². The lowest BCUT2D eigenvalue weighted by Gasteiger charge is -2.32. The first-order chi connectivity index (χ1) is 4.54. The van der Waals surface area contributed by atoms with Crippen molar-refractivity contribution in [1.82, 2.24) is 4.90 Å². The van der Waals surface area contributed by atoms with E-state index in [4.69, 9.17) is 0 Å². The van der Waals surface area contributed by atoms with Crippen molar-refractivity contribution < 1.29 is 0 Å². The van der Waals surface area contributed by atoms with E-state index in [0.29, 0.717) is 5.41 Å². The molecule has 1 unspecified atom stereocenters. The number of hydrogen-bond acceptors (Lipinski definition) is 1. The standard InChI is InChI=1S/C9H19N/c1-9(2)7-5-6-8(9)10(3)4/h8H,5-7H2,1-4H3. The highest BCUT2D eigenvalue weighted by Crippen LogP contribution is 2.39. The smallest absolute Gasteiger partial charge is 0.0140 e. The molecule has 1 aliphatic carbocycles. The maximum atomic E-state index is 2.38. The maximum absolute atomic E-state index is 2.38. The van der Waals surface area contributed by atoms with Gasteiger partial charge in [0.05, 0.1) is 0 Å². The first-order valence-corrected chi connectivity index (χ1v) is 4.20. The second-order valence-corrected chi connectivity index (χ2v) is 4.36. The first kappa shape index (κ1) is 8.06. The molecule has 1 fully saturated rings. The molecule has 1 nitrogen and oxygen atoms in total. The zero-order valence-corrected chi connectivity index (χ0v) is 7.65. The van der Waals surface area contributed by atoms with Crippen LogP contribution in [0.2, 0.25) is 0 Å². The second kappa shape index (κ2) is 2.54. The van der Waals surface area contributed by atoms with Crippen LogP contribution in [-0.2, 0) is 0 Å². The Labute approximate surface area is 64.4 Å². The van der Waals surface area contributed by atoms with Crippen LogP contribution in [0.3, 0.4) is 0 Å². The highest BCUT2D eigenvalue weighted by atomic mass is 15.1. The average molecular weight is 141 g/mol. The van der Waals surface area contributed by atoms with Gasteiger partial charge in [0.1, 0.15) is 0 Å². The lowest BCUT2D eigenvalue weighted by Crippen LogP contribution is -2.36. The first-order valence-electron chi connectivity index (χ1n) is 4.20. The average Bonchev–Trinajstić information content (AvgIpc) is 2.08. The van der Waals surface area contributed by atoms with E-state index in [0.717, 1.165) is 6.04 Å². The van der Waals surface area contributed by atoms with Gasteiger partial charge in [0, 0.05) is 6.04 Å². The normalized spacial score (nSPS) is 31.5. The largest absolute Gasteiger partial charge is 0.306 e. The molecule has 0 N–H and O–H groups in total. The lowest BCUT2D eigenvalue weighted by atomic mass is 9.87. The zero-order valence-electron chi connectivity index (χ0n) is 7.65. The van der Waals surface area contributed by atoms with E-state index in [9.17, 15) is 0 Å². The Hall–Kier alpha value is -0.0400. The fraction of sp³-hybridized carbons (Fsp3) is 1.00. The summed E-state index contributed by atoms with van der Waals surface area (Å²) in [6.45, 7) is 4.76. The van der Waals surface area contributed by atoms with E-state index < -0.39 is 0 Å². The molecule has 0 radical (unpaired) electrons. The third-order valence-electron chi connectivity index (χ3n) is 2.82. The van der Waals surface area contributed by atoms with Crippen LogP contribution in [0.25, 0.3) is 0 Å². The van der Waals surface area contributed by atoms with Gasteiger partial charge in [-0.3, -0.25) is 0 Å². The van der Waals surface area contributed by atoms with Crippen LogP contribution >= 0.6 is 0 Å². The Morgan fingerprint density at radius 1 is 1.30 bits per heavy atom. The molecule has 0 saturated heterocycles. The van der Waals surface area contributed by atoms with Crippen molar-refractivity contribution >= 4 is 0 Å². The van der Waals surface area contributed by atoms with Gasteiger partial charge in [0.25, 0.3) is 0 Å². The van der Waals surface area contributed by atoms with Gasteiger partial charge in [0.15, 0.2) is 0 Å². The van der Waals surface area contributed by atoms with E-state index in [1.165, 1.54) is 19.3 Å². The summed E-state index contributed by atoms with van der Waals surface area (Å²) in [6.07, 6.45) is 4.20. The van der Waals surface area contributed by atoms with Gasteiger partial charge in [-0.2, -0.15) is 0 Å². The molecule has 1 saturated carbocycles. The minimum absolute atomic E-state index is 0.559. The van der Waals surface area contributed by atoms with Gasteiger partial charge in [-0.05, 0) is 32.4 Å². The molecule has 0 heterocycles. The van der Waals surface area contributed by atoms with Gasteiger partial charge in [0.2, 0.25) is 0 Å². The molecule has 0 aromatic carbocycles. The van der Waals surface area contributed by atoms with Crippen LogP contribution in [0, 0.1) is 5.41 Å². The summed E-state index contributed by atoms with van der Waals surface area (Å²) in [4.78, 5) is 2.37. The summed E-state index contributed by atoms with van der Waals surface area (Å²) >= 11 is 0. The maximum Gasteiger partial charge on any atom is 0.0140 e. The topological polar surface area (TPSA) is 3.24 Å². The molecular weight excluding hydrogens is 122 g/mol. The van der Waals surface area contributed by atoms with Crippen molar-refractivity contribution in [2.45, 2.75) is 39.2 Å². The monoisotopic (exact) mass is 141 g/mol. The highest BCUT2D eigenvalue weighted by molar-refractivity contribution is 4.89. The molecule has 1 rings (SSSR count). The number of nitrogens with zero attached hydrogens (tertiary/aromatic N) is 1. The minimum atomic E-state index is 0.559. The Kier molecular flexibility index (Phi) is 2.04. The van der Waals surface area contributed by atoms with Gasteiger partial charge in [-0.25, -0.2) is 0 Å². The molecule has 1 aliphatic rings. The Bertz CT molecular complexity index is 116. The summed E-state index contributed by atoms with van der Waals surface area (Å²) in [5, 5.41) is 0. The van der Waals surface area contributed by atoms with Crippen LogP contribution in [0.5, 0.6) is 0 Å². The van der Waals surface area contributed by atoms with Crippen molar-refractivity contribution in [2.75, 3.05) is 14.1 Å². The highest BCUT2D eigenvalue weighted by Gasteiger charge is 2.35. The van der Waals surface area contributed by atoms with Gasteiger partial charge in [-0.15, -0.1) is 0 Å². The molecule has 0 aliphatic heterocycles. The molecule has 0 amide bonds. The zero-order chi connectivity index (χ0) is 7.78. The van der Waals surface area contributed by atoms with Crippen LogP contribution in [0.1, 0.15) is 33.1 Å². The molecule has 0 aromatic rings. The predicted octanol–water partition coefficient (Wildman–Crippen LogP) is 2.13. The van der Waals surface area contributed by atoms with Crippen LogP contribution in [0.4, 0.5) is 0 Å². The predicted molar refractivity (Wildman–Crippen MR) is 45.1 cm³/mol. The number of hydrogen-bond donors (Lipinski definition) is 0. The SMILES string of the molecule is CN(C)C1CCCC1(C)C. The van der Waals surface area contributed by atoms with Crippen LogP contribution in [0.15, 0.2) is 0 Å². The molecule has 60 valence electrons. The summed E-state index contributed by atoms with van der Waals surface area (Å²) in [7, 11) is 4.38. The van der Waals surface area contributed by atoms with Crippen LogP contribution < -0.4 is 0 Å². The van der Waals surface area contributed by atoms with Gasteiger partial charge in [-0.1, -0.05) is 20.3 Å². The molecule has 0 spiro atoms. The van der Waals surface area contributed by atoms with E-state index in [1.807, 2.05) is 0 Å². The summed E-state index contributed by atoms with van der Waals surface area (Å²) in [6, 6.07) is 0.812. The summed E-state index contributed by atoms with van der Waals surface area (Å²) in [5.41, 5.74) is 0.559. The van der Waals surface area contributed by atoms with Crippen molar-refractivity contribution in [1.29, 1.82) is 0 Å². The lowest BCUT2D eigenvalue weighted by molar-refractivity contribution is 0.169. The Morgan fingerprint density at radius 2 is 1.90 bits per heavy atom. The van der Waals surface area contributed by atoms with Gasteiger partial charge >= 0.3 is 0 Å². The quantitative estimate of drug-likeness (QED) is 0.540. The van der Waals surface area contributed by atoms with Crippen molar-refractivity contribution in [3.8, 4) is 0 Å². The molecule has 1 heteroatoms. The van der Waals surface area contributed by atoms with E-state index in [1.54, 1.807) is 0 Å². The molecule has 0 aromatic heterocycles. The Balaban J connectivity index is 2.59. The summed E-state index contributed by atoms with van der Waals surface area (Å²) in [5.74, 6) is 0. The van der Waals surface area contributed by atoms with Crippen molar-refractivity contribution in [3.05, 3.63) is 0 Å². The minimum Gasteiger partial charge on any atom is -0.306 e. The molecule has 10 heavy (non-hydrogen) atoms. The van der Waals surface area contributed by atoms with E-state index in [-0.39, 0.29) is 0 Å². The van der Waals surface area contributed by atoms with Gasteiger partial charge < -0.3 is 4.90 Å².